The van der Waals surface area contributed by atoms with Crippen LogP contribution in [0.5, 0.6) is 11.5 Å². The Morgan fingerprint density at radius 1 is 0.247 bits per heavy atom. The second kappa shape index (κ2) is 17.1. The number of hydrogen-bond acceptors (Lipinski definition) is 4. The molecule has 0 atom stereocenters. The lowest BCUT2D eigenvalue weighted by atomic mass is 9.40. The van der Waals surface area contributed by atoms with Crippen LogP contribution in [0.3, 0.4) is 0 Å². The lowest BCUT2D eigenvalue weighted by Gasteiger charge is -2.64. The van der Waals surface area contributed by atoms with Crippen molar-refractivity contribution in [1.29, 1.82) is 0 Å². The Morgan fingerprint density at radius 3 is 0.663 bits per heavy atom. The number of nitrogens with two attached hydrogens (primary N) is 2. The third-order valence-electron chi connectivity index (χ3n) is 34.1. The molecule has 6 N–H and O–H groups in total. The van der Waals surface area contributed by atoms with Crippen LogP contribution in [0.15, 0.2) is 48.5 Å². The predicted octanol–water partition coefficient (Wildman–Crippen LogP) is 19.4. The summed E-state index contributed by atoms with van der Waals surface area (Å²) < 4.78 is 0. The molecule has 24 fully saturated rings. The van der Waals surface area contributed by atoms with Gasteiger partial charge in [-0.25, -0.2) is 0 Å². The third kappa shape index (κ3) is 6.83. The molecule has 0 saturated heterocycles. The van der Waals surface area contributed by atoms with Crippen molar-refractivity contribution in [3.63, 3.8) is 0 Å². The highest BCUT2D eigenvalue weighted by atomic mass is 16.3. The number of aromatic hydroxyl groups is 2. The van der Waals surface area contributed by atoms with Gasteiger partial charge in [-0.05, 0) is 461 Å². The maximum Gasteiger partial charge on any atom is 0.138 e. The molecular weight excluding hydrogens is 1080 g/mol. The average molecular weight is 1190 g/mol. The molecule has 25 aliphatic rings. The first-order valence-electron chi connectivity index (χ1n) is 38.8. The summed E-state index contributed by atoms with van der Waals surface area (Å²) in [5.74, 6) is 15.8. The molecule has 89 heavy (non-hydrogen) atoms. The number of phenolic OH excluding ortho intramolecular Hbond substituents is 2. The number of nitrogen functional groups attached to an aromatic ring is 2. The highest BCUT2D eigenvalue weighted by molar-refractivity contribution is 5.95. The smallest absolute Gasteiger partial charge is 0.138 e. The molecular formula is C85H104N2O2. The van der Waals surface area contributed by atoms with Crippen molar-refractivity contribution in [2.75, 3.05) is 11.5 Å². The van der Waals surface area contributed by atoms with Gasteiger partial charge in [-0.1, -0.05) is 24.3 Å². The van der Waals surface area contributed by atoms with Crippen LogP contribution in [0.2, 0.25) is 0 Å². The van der Waals surface area contributed by atoms with Gasteiger partial charge in [0.05, 0.1) is 16.8 Å². The Hall–Kier alpha value is -3.92. The number of hydrogen-bond donors (Lipinski definition) is 4. The lowest BCUT2D eigenvalue weighted by Crippen LogP contribution is -2.55. The largest absolute Gasteiger partial charge is 0.506 e. The first kappa shape index (κ1) is 52.5. The van der Waals surface area contributed by atoms with Gasteiger partial charge >= 0.3 is 0 Å². The van der Waals surface area contributed by atoms with Crippen molar-refractivity contribution in [2.24, 2.45) is 107 Å². The van der Waals surface area contributed by atoms with Gasteiger partial charge in [-0.2, -0.15) is 0 Å². The first-order chi connectivity index (χ1) is 43.2. The first-order valence-corrected chi connectivity index (χ1v) is 38.8. The SMILES string of the molecule is Nc1cc(C2(c3ccc(O)c(N)c3)c3cc(C45CC6CC(CC(C6)C4)C5)c(C45CC6CC(CC(C6)C4)C5)c(C45CC6CC(CC(C6)C4)C5)c3-c3c2cc(C24CC5CC(CC(C5)C2)C4)c(C24CC5CC(CC(C5)C2)C4)c3C23CC4CC(CC(C4)C2)C3)ccc1O. The summed E-state index contributed by atoms with van der Waals surface area (Å²) in [6.07, 6.45) is 52.3. The van der Waals surface area contributed by atoms with Crippen LogP contribution in [0.1, 0.15) is 287 Å². The fourth-order valence-electron chi connectivity index (χ4n) is 34.5. The molecule has 4 heteroatoms. The standard InChI is InChI=1S/C85H104N2O2/c86-69-23-63(1-3-71(69)88)85(64-2-4-72(89)70(87)24-64)65-25-67(79-27-45-5-46(28-79)7-47(6-45)29-79)75(81-33-51-11-52(34-81)13-53(12-51)35-81)77(83-39-57-17-58(40-83)19-59(18-57)41-83)73(65)74-66(85)26-68(80-30-48-8-49(31-80)10-50(9-48)32-80)76(82-36-54-14-55(37-82)16-56(15-54)38-82)78(74)84-42-60-20-61(43-84)22-62(21-60)44-84/h1-4,23-26,45-62,88-89H,5-22,27-44,86-87H2. The molecule has 0 radical (unpaired) electrons. The van der Waals surface area contributed by atoms with Gasteiger partial charge in [-0.15, -0.1) is 0 Å². The predicted molar refractivity (Wildman–Crippen MR) is 355 cm³/mol. The molecule has 0 aromatic heterocycles. The van der Waals surface area contributed by atoms with E-state index in [1.54, 1.807) is 11.1 Å². The maximum absolute atomic E-state index is 12.0. The third-order valence-corrected chi connectivity index (χ3v) is 34.1. The van der Waals surface area contributed by atoms with Crippen molar-refractivity contribution in [3.8, 4) is 22.6 Å². The fraction of sp³-hybridized carbons (Fsp3) is 0.718. The summed E-state index contributed by atoms with van der Waals surface area (Å²) in [7, 11) is 0. The zero-order valence-corrected chi connectivity index (χ0v) is 54.0. The van der Waals surface area contributed by atoms with Crippen LogP contribution in [0, 0.1) is 107 Å². The molecule has 0 amide bonds. The van der Waals surface area contributed by atoms with Gasteiger partial charge in [0.1, 0.15) is 11.5 Å². The molecule has 0 aliphatic heterocycles. The van der Waals surface area contributed by atoms with E-state index in [1.165, 1.54) is 242 Å². The average Bonchev–Trinajstić information content (AvgIpc) is 1.57. The van der Waals surface area contributed by atoms with E-state index in [-0.39, 0.29) is 44.0 Å². The Labute approximate surface area is 532 Å². The number of fused-ring (bicyclic) bond motifs is 3. The van der Waals surface area contributed by atoms with E-state index in [4.69, 9.17) is 11.5 Å². The van der Waals surface area contributed by atoms with Gasteiger partial charge in [0.2, 0.25) is 0 Å². The molecule has 4 aromatic carbocycles. The van der Waals surface area contributed by atoms with Gasteiger partial charge < -0.3 is 21.7 Å². The topological polar surface area (TPSA) is 92.5 Å². The van der Waals surface area contributed by atoms with E-state index in [0.717, 1.165) is 107 Å². The van der Waals surface area contributed by atoms with E-state index in [0.29, 0.717) is 11.4 Å². The van der Waals surface area contributed by atoms with E-state index >= 15 is 0 Å². The number of anilines is 2. The quantitative estimate of drug-likeness (QED) is 0.0920. The summed E-state index contributed by atoms with van der Waals surface area (Å²) in [5.41, 5.74) is 37.6. The Kier molecular flexibility index (Phi) is 10.1. The molecule has 0 heterocycles. The van der Waals surface area contributed by atoms with E-state index in [1.807, 2.05) is 45.5 Å². The highest BCUT2D eigenvalue weighted by Crippen LogP contribution is 2.77. The normalized spacial score (nSPS) is 49.6. The van der Waals surface area contributed by atoms with E-state index in [9.17, 15) is 10.2 Å². The molecule has 24 saturated carbocycles. The van der Waals surface area contributed by atoms with E-state index in [2.05, 4.69) is 47.5 Å². The zero-order valence-electron chi connectivity index (χ0n) is 54.0. The summed E-state index contributed by atoms with van der Waals surface area (Å²) >= 11 is 0. The minimum atomic E-state index is -0.767. The number of phenols is 2. The van der Waals surface area contributed by atoms with Crippen molar-refractivity contribution in [2.45, 2.75) is 269 Å². The van der Waals surface area contributed by atoms with E-state index < -0.39 is 5.41 Å². The van der Waals surface area contributed by atoms with Gasteiger partial charge in [0, 0.05) is 0 Å². The van der Waals surface area contributed by atoms with Crippen LogP contribution in [0.25, 0.3) is 11.1 Å². The van der Waals surface area contributed by atoms with Crippen LogP contribution >= 0.6 is 0 Å². The summed E-state index contributed by atoms with van der Waals surface area (Å²) in [4.78, 5) is 0. The number of benzene rings is 4. The molecule has 24 bridgehead atoms. The summed E-state index contributed by atoms with van der Waals surface area (Å²) in [6.45, 7) is 0. The molecule has 29 rings (SSSR count). The second-order valence-corrected chi connectivity index (χ2v) is 39.7. The second-order valence-electron chi connectivity index (χ2n) is 39.7. The van der Waals surface area contributed by atoms with Crippen molar-refractivity contribution in [3.05, 3.63) is 104 Å². The Bertz CT molecular complexity index is 3320. The van der Waals surface area contributed by atoms with Crippen LogP contribution < -0.4 is 11.5 Å². The van der Waals surface area contributed by atoms with Gasteiger partial charge in [-0.3, -0.25) is 0 Å². The Balaban J connectivity index is 0.952. The molecule has 0 unspecified atom stereocenters. The summed E-state index contributed by atoms with van der Waals surface area (Å²) in [5, 5.41) is 23.9. The van der Waals surface area contributed by atoms with Crippen molar-refractivity contribution in [1.82, 2.24) is 0 Å². The Morgan fingerprint density at radius 2 is 0.449 bits per heavy atom. The lowest BCUT2D eigenvalue weighted by molar-refractivity contribution is -0.0247. The molecule has 25 aliphatic carbocycles. The van der Waals surface area contributed by atoms with Crippen molar-refractivity contribution >= 4 is 11.4 Å². The van der Waals surface area contributed by atoms with Crippen LogP contribution in [-0.2, 0) is 37.9 Å². The van der Waals surface area contributed by atoms with Crippen LogP contribution in [0.4, 0.5) is 11.4 Å². The highest BCUT2D eigenvalue weighted by Gasteiger charge is 2.67. The van der Waals surface area contributed by atoms with Crippen LogP contribution in [-0.4, -0.2) is 10.2 Å². The van der Waals surface area contributed by atoms with Gasteiger partial charge in [0.15, 0.2) is 0 Å². The molecule has 466 valence electrons. The fourth-order valence-corrected chi connectivity index (χ4v) is 34.5. The zero-order chi connectivity index (χ0) is 58.2. The number of rotatable bonds is 8. The minimum absolute atomic E-state index is 0.156. The monoisotopic (exact) mass is 1180 g/mol. The summed E-state index contributed by atoms with van der Waals surface area (Å²) in [6, 6.07) is 19.8. The van der Waals surface area contributed by atoms with Gasteiger partial charge in [0.25, 0.3) is 0 Å². The molecule has 4 nitrogen and oxygen atoms in total. The maximum atomic E-state index is 12.0. The minimum Gasteiger partial charge on any atom is -0.506 e. The van der Waals surface area contributed by atoms with Crippen molar-refractivity contribution < 1.29 is 10.2 Å². The molecule has 4 aromatic rings. The molecule has 0 spiro atoms.